The summed E-state index contributed by atoms with van der Waals surface area (Å²) in [5.74, 6) is 0.809. The number of aliphatic hydroxyl groups excluding tert-OH is 2. The van der Waals surface area contributed by atoms with Crippen molar-refractivity contribution in [1.29, 1.82) is 0 Å². The summed E-state index contributed by atoms with van der Waals surface area (Å²) in [6, 6.07) is 0. The molecule has 1 aliphatic heterocycles. The Kier molecular flexibility index (Phi) is 3.82. The zero-order chi connectivity index (χ0) is 11.5. The quantitative estimate of drug-likeness (QED) is 0.739. The Morgan fingerprint density at radius 2 is 1.69 bits per heavy atom. The fraction of sp³-hybridized carbons (Fsp3) is 0.917. The fourth-order valence-corrected chi connectivity index (χ4v) is 2.76. The molecule has 92 valence electrons. The zero-order valence-electron chi connectivity index (χ0n) is 9.64. The highest BCUT2D eigenvalue weighted by Gasteiger charge is 2.32. The van der Waals surface area contributed by atoms with Gasteiger partial charge in [0.1, 0.15) is 0 Å². The van der Waals surface area contributed by atoms with Gasteiger partial charge in [0.05, 0.1) is 12.2 Å². The Morgan fingerprint density at radius 3 is 2.25 bits per heavy atom. The van der Waals surface area contributed by atoms with Gasteiger partial charge >= 0.3 is 0 Å². The van der Waals surface area contributed by atoms with Crippen LogP contribution in [0.15, 0.2) is 0 Å². The normalized spacial score (nSPS) is 31.2. The average molecular weight is 227 g/mol. The largest absolute Gasteiger partial charge is 0.388 e. The molecule has 1 saturated carbocycles. The van der Waals surface area contributed by atoms with Crippen molar-refractivity contribution in [2.75, 3.05) is 13.1 Å². The van der Waals surface area contributed by atoms with Crippen LogP contribution in [-0.4, -0.2) is 46.3 Å². The van der Waals surface area contributed by atoms with Crippen molar-refractivity contribution >= 4 is 5.91 Å². The molecule has 2 rings (SSSR count). The summed E-state index contributed by atoms with van der Waals surface area (Å²) < 4.78 is 0. The van der Waals surface area contributed by atoms with E-state index < -0.39 is 12.2 Å². The van der Waals surface area contributed by atoms with Crippen LogP contribution in [0.1, 0.15) is 38.5 Å². The number of carbonyl (C=O) groups is 1. The van der Waals surface area contributed by atoms with Crippen molar-refractivity contribution in [3.05, 3.63) is 0 Å². The number of hydrogen-bond acceptors (Lipinski definition) is 3. The van der Waals surface area contributed by atoms with Crippen LogP contribution in [0, 0.1) is 5.92 Å². The van der Waals surface area contributed by atoms with Crippen LogP contribution in [0.4, 0.5) is 0 Å². The first kappa shape index (κ1) is 11.9. The molecule has 0 aromatic carbocycles. The first-order chi connectivity index (χ1) is 7.66. The average Bonchev–Trinajstić information content (AvgIpc) is 2.86. The van der Waals surface area contributed by atoms with Crippen molar-refractivity contribution < 1.29 is 15.0 Å². The predicted octanol–water partition coefficient (Wildman–Crippen LogP) is 0.521. The van der Waals surface area contributed by atoms with E-state index in [-0.39, 0.29) is 5.91 Å². The smallest absolute Gasteiger partial charge is 0.222 e. The molecule has 4 heteroatoms. The zero-order valence-corrected chi connectivity index (χ0v) is 9.64. The molecule has 0 spiro atoms. The van der Waals surface area contributed by atoms with Gasteiger partial charge in [-0.1, -0.05) is 25.7 Å². The van der Waals surface area contributed by atoms with E-state index in [9.17, 15) is 15.0 Å². The van der Waals surface area contributed by atoms with Crippen molar-refractivity contribution in [2.24, 2.45) is 5.92 Å². The van der Waals surface area contributed by atoms with Crippen LogP contribution in [0.25, 0.3) is 0 Å². The molecule has 0 radical (unpaired) electrons. The van der Waals surface area contributed by atoms with Crippen LogP contribution in [-0.2, 0) is 4.79 Å². The summed E-state index contributed by atoms with van der Waals surface area (Å²) in [6.45, 7) is 0.593. The van der Waals surface area contributed by atoms with Crippen LogP contribution in [0.2, 0.25) is 0 Å². The molecule has 0 aromatic rings. The van der Waals surface area contributed by atoms with Crippen molar-refractivity contribution in [2.45, 2.75) is 50.7 Å². The molecule has 0 bridgehead atoms. The molecular weight excluding hydrogens is 206 g/mol. The van der Waals surface area contributed by atoms with Gasteiger partial charge in [-0.2, -0.15) is 0 Å². The minimum atomic E-state index is -0.754. The molecule has 2 aliphatic rings. The summed E-state index contributed by atoms with van der Waals surface area (Å²) in [6.07, 6.45) is 5.17. The number of aliphatic hydroxyl groups is 2. The van der Waals surface area contributed by atoms with E-state index in [4.69, 9.17) is 0 Å². The summed E-state index contributed by atoms with van der Waals surface area (Å²) in [4.78, 5) is 13.4. The number of rotatable bonds is 3. The third-order valence-corrected chi connectivity index (χ3v) is 3.85. The Labute approximate surface area is 96.3 Å². The van der Waals surface area contributed by atoms with Gasteiger partial charge in [-0.25, -0.2) is 0 Å². The Morgan fingerprint density at radius 1 is 1.12 bits per heavy atom. The maximum atomic E-state index is 11.8. The second-order valence-corrected chi connectivity index (χ2v) is 5.12. The summed E-state index contributed by atoms with van der Waals surface area (Å²) in [7, 11) is 0. The number of nitrogens with zero attached hydrogens (tertiary/aromatic N) is 1. The lowest BCUT2D eigenvalue weighted by molar-refractivity contribution is -0.131. The lowest BCUT2D eigenvalue weighted by atomic mass is 10.0. The molecule has 1 aliphatic carbocycles. The van der Waals surface area contributed by atoms with Crippen molar-refractivity contribution in [3.8, 4) is 0 Å². The van der Waals surface area contributed by atoms with Crippen molar-refractivity contribution in [1.82, 2.24) is 4.90 Å². The van der Waals surface area contributed by atoms with E-state index in [1.54, 1.807) is 4.90 Å². The van der Waals surface area contributed by atoms with E-state index in [2.05, 4.69) is 0 Å². The highest BCUT2D eigenvalue weighted by atomic mass is 16.3. The first-order valence-corrected chi connectivity index (χ1v) is 6.30. The van der Waals surface area contributed by atoms with Gasteiger partial charge in [-0.3, -0.25) is 4.79 Å². The van der Waals surface area contributed by atoms with Gasteiger partial charge in [0.25, 0.3) is 0 Å². The minimum Gasteiger partial charge on any atom is -0.388 e. The van der Waals surface area contributed by atoms with E-state index in [1.807, 2.05) is 0 Å². The Bertz CT molecular complexity index is 241. The second kappa shape index (κ2) is 5.15. The van der Waals surface area contributed by atoms with Gasteiger partial charge in [0.2, 0.25) is 5.91 Å². The highest BCUT2D eigenvalue weighted by molar-refractivity contribution is 5.76. The molecule has 16 heavy (non-hydrogen) atoms. The maximum absolute atomic E-state index is 11.8. The third-order valence-electron chi connectivity index (χ3n) is 3.85. The number of likely N-dealkylation sites (tertiary alicyclic amines) is 1. The SMILES string of the molecule is O=C(CCC1CCCC1)N1C[C@@H](O)[C@@H](O)C1. The number of amides is 1. The standard InChI is InChI=1S/C12H21NO3/c14-10-7-13(8-11(10)15)12(16)6-5-9-3-1-2-4-9/h9-11,14-15H,1-8H2/t10-,11+. The topological polar surface area (TPSA) is 60.8 Å². The third kappa shape index (κ3) is 2.74. The monoisotopic (exact) mass is 227 g/mol. The molecule has 1 amide bonds. The number of β-amino-alcohol motifs (C(OH)–C–C–N with tert-alkyl or cyclic N) is 2. The molecule has 1 heterocycles. The first-order valence-electron chi connectivity index (χ1n) is 6.30. The van der Waals surface area contributed by atoms with Crippen LogP contribution < -0.4 is 0 Å². The van der Waals surface area contributed by atoms with Gasteiger partial charge in [-0.05, 0) is 12.3 Å². The lowest BCUT2D eigenvalue weighted by Gasteiger charge is -2.16. The molecule has 2 N–H and O–H groups in total. The molecule has 0 unspecified atom stereocenters. The van der Waals surface area contributed by atoms with E-state index in [1.165, 1.54) is 25.7 Å². The van der Waals surface area contributed by atoms with Crippen LogP contribution in [0.5, 0.6) is 0 Å². The molecule has 2 fully saturated rings. The van der Waals surface area contributed by atoms with Gasteiger partial charge in [0.15, 0.2) is 0 Å². The van der Waals surface area contributed by atoms with E-state index in [0.29, 0.717) is 19.5 Å². The minimum absolute atomic E-state index is 0.0856. The molecule has 0 aromatic heterocycles. The second-order valence-electron chi connectivity index (χ2n) is 5.12. The Balaban J connectivity index is 1.71. The molecular formula is C12H21NO3. The Hall–Kier alpha value is -0.610. The van der Waals surface area contributed by atoms with Gasteiger partial charge in [-0.15, -0.1) is 0 Å². The number of carbonyl (C=O) groups excluding carboxylic acids is 1. The van der Waals surface area contributed by atoms with Gasteiger partial charge in [0, 0.05) is 19.5 Å². The van der Waals surface area contributed by atoms with Crippen LogP contribution in [0.3, 0.4) is 0 Å². The van der Waals surface area contributed by atoms with Crippen LogP contribution >= 0.6 is 0 Å². The number of hydrogen-bond donors (Lipinski definition) is 2. The predicted molar refractivity (Wildman–Crippen MR) is 59.8 cm³/mol. The summed E-state index contributed by atoms with van der Waals surface area (Å²) >= 11 is 0. The fourth-order valence-electron chi connectivity index (χ4n) is 2.76. The molecule has 2 atom stereocenters. The van der Waals surface area contributed by atoms with E-state index >= 15 is 0 Å². The highest BCUT2D eigenvalue weighted by Crippen LogP contribution is 2.28. The van der Waals surface area contributed by atoms with Crippen molar-refractivity contribution in [3.63, 3.8) is 0 Å². The lowest BCUT2D eigenvalue weighted by Crippen LogP contribution is -2.29. The maximum Gasteiger partial charge on any atom is 0.222 e. The summed E-state index contributed by atoms with van der Waals surface area (Å²) in [5.41, 5.74) is 0. The molecule has 4 nitrogen and oxygen atoms in total. The van der Waals surface area contributed by atoms with E-state index in [0.717, 1.165) is 12.3 Å². The van der Waals surface area contributed by atoms with Gasteiger partial charge < -0.3 is 15.1 Å². The summed E-state index contributed by atoms with van der Waals surface area (Å²) in [5, 5.41) is 18.7. The molecule has 1 saturated heterocycles.